The third-order valence-corrected chi connectivity index (χ3v) is 3.95. The van der Waals surface area contributed by atoms with E-state index in [0.717, 1.165) is 11.6 Å². The lowest BCUT2D eigenvalue weighted by atomic mass is 10.2. The summed E-state index contributed by atoms with van der Waals surface area (Å²) in [7, 11) is 1.66. The van der Waals surface area contributed by atoms with E-state index < -0.39 is 11.7 Å². The van der Waals surface area contributed by atoms with Gasteiger partial charge in [-0.2, -0.15) is 13.2 Å². The van der Waals surface area contributed by atoms with Gasteiger partial charge in [-0.05, 0) is 30.4 Å². The Morgan fingerprint density at radius 2 is 1.77 bits per heavy atom. The summed E-state index contributed by atoms with van der Waals surface area (Å²) in [4.78, 5) is 0. The summed E-state index contributed by atoms with van der Waals surface area (Å²) < 4.78 is 40.5. The fraction of sp³-hybridized carbons (Fsp3) is 0.118. The molecule has 134 valence electrons. The molecule has 0 amide bonds. The number of aromatic hydroxyl groups is 1. The lowest BCUT2D eigenvalue weighted by molar-refractivity contribution is -0.136. The maximum atomic E-state index is 13.0. The maximum Gasteiger partial charge on any atom is 0.418 e. The van der Waals surface area contributed by atoms with Gasteiger partial charge in [-0.25, -0.2) is 0 Å². The van der Waals surface area contributed by atoms with Crippen LogP contribution in [-0.4, -0.2) is 14.8 Å². The molecule has 0 aliphatic rings. The predicted molar refractivity (Wildman–Crippen MR) is 96.8 cm³/mol. The van der Waals surface area contributed by atoms with Crippen molar-refractivity contribution in [2.45, 2.75) is 6.18 Å². The molecule has 0 aliphatic carbocycles. The van der Waals surface area contributed by atoms with Gasteiger partial charge < -0.3 is 15.0 Å². The monoisotopic (exact) mass is 378 g/mol. The molecule has 9 heteroatoms. The van der Waals surface area contributed by atoms with Crippen LogP contribution in [0.2, 0.25) is 0 Å². The van der Waals surface area contributed by atoms with Crippen molar-refractivity contribution < 1.29 is 18.3 Å². The summed E-state index contributed by atoms with van der Waals surface area (Å²) in [6.45, 7) is 0. The molecule has 1 aromatic heterocycles. The van der Waals surface area contributed by atoms with E-state index in [9.17, 15) is 18.3 Å². The largest absolute Gasteiger partial charge is 0.493 e. The Kier molecular flexibility index (Phi) is 4.64. The van der Waals surface area contributed by atoms with Gasteiger partial charge in [0, 0.05) is 12.4 Å². The minimum Gasteiger partial charge on any atom is -0.493 e. The van der Waals surface area contributed by atoms with Gasteiger partial charge in [0.25, 0.3) is 0 Å². The van der Waals surface area contributed by atoms with E-state index in [-0.39, 0.29) is 22.4 Å². The van der Waals surface area contributed by atoms with E-state index in [0.29, 0.717) is 5.39 Å². The minimum atomic E-state index is -4.52. The van der Waals surface area contributed by atoms with Crippen LogP contribution in [-0.2, 0) is 13.2 Å². The van der Waals surface area contributed by atoms with Crippen molar-refractivity contribution in [1.29, 1.82) is 0 Å². The lowest BCUT2D eigenvalue weighted by Gasteiger charge is -2.12. The Bertz CT molecular complexity index is 1010. The molecule has 0 saturated heterocycles. The third-order valence-electron chi connectivity index (χ3n) is 3.76. The van der Waals surface area contributed by atoms with Crippen LogP contribution in [0, 0.1) is 0 Å². The number of aryl methyl sites for hydroxylation is 1. The van der Waals surface area contributed by atoms with E-state index in [1.54, 1.807) is 25.2 Å². The molecular formula is C17H13F3N4OS. The molecule has 0 saturated carbocycles. The summed E-state index contributed by atoms with van der Waals surface area (Å²) in [6.07, 6.45) is -4.52. The van der Waals surface area contributed by atoms with Gasteiger partial charge in [0.1, 0.15) is 0 Å². The first-order chi connectivity index (χ1) is 12.3. The molecule has 0 aliphatic heterocycles. The van der Waals surface area contributed by atoms with E-state index in [1.165, 1.54) is 22.8 Å². The second kappa shape index (κ2) is 6.75. The van der Waals surface area contributed by atoms with E-state index >= 15 is 0 Å². The summed E-state index contributed by atoms with van der Waals surface area (Å²) in [5.74, 6) is -0.117. The van der Waals surface area contributed by atoms with Gasteiger partial charge in [0.05, 0.1) is 16.8 Å². The number of hydrogen-bond donors (Lipinski definition) is 2. The van der Waals surface area contributed by atoms with E-state index in [1.807, 2.05) is 6.07 Å². The minimum absolute atomic E-state index is 0.117. The molecule has 2 aromatic carbocycles. The summed E-state index contributed by atoms with van der Waals surface area (Å²) >= 11 is 4.96. The molecule has 1 heterocycles. The maximum absolute atomic E-state index is 13.0. The van der Waals surface area contributed by atoms with Crippen molar-refractivity contribution in [2.75, 3.05) is 5.32 Å². The topological polar surface area (TPSA) is 61.9 Å². The number of azo groups is 1. The molecule has 0 bridgehead atoms. The van der Waals surface area contributed by atoms with Gasteiger partial charge in [0.2, 0.25) is 11.0 Å². The first-order valence-corrected chi connectivity index (χ1v) is 7.85. The van der Waals surface area contributed by atoms with Crippen molar-refractivity contribution >= 4 is 39.6 Å². The number of thiocarbonyl (C=S) groups is 1. The predicted octanol–water partition coefficient (Wildman–Crippen LogP) is 5.38. The van der Waals surface area contributed by atoms with Crippen molar-refractivity contribution in [2.24, 2.45) is 17.3 Å². The number of aromatic nitrogens is 1. The average Bonchev–Trinajstić information content (AvgIpc) is 2.84. The van der Waals surface area contributed by atoms with Crippen LogP contribution >= 0.6 is 12.2 Å². The van der Waals surface area contributed by atoms with Crippen molar-refractivity contribution in [1.82, 2.24) is 4.57 Å². The van der Waals surface area contributed by atoms with Gasteiger partial charge in [-0.15, -0.1) is 10.2 Å². The standard InChI is InChI=1S/C17H13F3N4OS/c1-24-13-9-5-2-6-10(13)14(15(24)25)22-23-16(26)21-12-8-4-3-7-11(12)17(18,19)20/h2-9,25H,1H3,(H,21,26). The highest BCUT2D eigenvalue weighted by atomic mass is 32.1. The zero-order valence-corrected chi connectivity index (χ0v) is 14.3. The van der Waals surface area contributed by atoms with Crippen molar-refractivity contribution in [3.05, 3.63) is 54.1 Å². The molecule has 0 unspecified atom stereocenters. The van der Waals surface area contributed by atoms with E-state index in [2.05, 4.69) is 15.5 Å². The number of nitrogens with one attached hydrogen (secondary N) is 1. The van der Waals surface area contributed by atoms with Crippen LogP contribution in [0.1, 0.15) is 5.56 Å². The number of rotatable bonds is 2. The Hall–Kier alpha value is -2.94. The first kappa shape index (κ1) is 17.9. The summed E-state index contributed by atoms with van der Waals surface area (Å²) in [5, 5.41) is 20.6. The van der Waals surface area contributed by atoms with Gasteiger partial charge in [-0.3, -0.25) is 0 Å². The third kappa shape index (κ3) is 3.38. The van der Waals surface area contributed by atoms with Crippen LogP contribution in [0.5, 0.6) is 5.88 Å². The average molecular weight is 378 g/mol. The SMILES string of the molecule is Cn1c(O)c(N=NC(=S)Nc2ccccc2C(F)(F)F)c2ccccc21. The molecule has 0 spiro atoms. The molecule has 26 heavy (non-hydrogen) atoms. The molecule has 3 rings (SSSR count). The van der Waals surface area contributed by atoms with Gasteiger partial charge >= 0.3 is 6.18 Å². The zero-order valence-electron chi connectivity index (χ0n) is 13.4. The van der Waals surface area contributed by atoms with Crippen LogP contribution in [0.25, 0.3) is 10.9 Å². The Morgan fingerprint density at radius 1 is 1.12 bits per heavy atom. The van der Waals surface area contributed by atoms with Crippen LogP contribution < -0.4 is 5.32 Å². The number of hydrogen-bond acceptors (Lipinski definition) is 3. The normalized spacial score (nSPS) is 12.0. The lowest BCUT2D eigenvalue weighted by Crippen LogP contribution is -2.13. The number of alkyl halides is 3. The fourth-order valence-corrected chi connectivity index (χ4v) is 2.68. The van der Waals surface area contributed by atoms with Crippen LogP contribution in [0.3, 0.4) is 0 Å². The highest BCUT2D eigenvalue weighted by Crippen LogP contribution is 2.38. The Morgan fingerprint density at radius 3 is 2.50 bits per heavy atom. The number of fused-ring (bicyclic) bond motifs is 1. The fourth-order valence-electron chi connectivity index (χ4n) is 2.53. The Balaban J connectivity index is 1.88. The smallest absolute Gasteiger partial charge is 0.418 e. The van der Waals surface area contributed by atoms with Gasteiger partial charge in [-0.1, -0.05) is 30.3 Å². The molecule has 2 N–H and O–H groups in total. The first-order valence-electron chi connectivity index (χ1n) is 7.44. The molecule has 5 nitrogen and oxygen atoms in total. The molecule has 0 atom stereocenters. The summed E-state index contributed by atoms with van der Waals surface area (Å²) in [6, 6.07) is 12.1. The summed E-state index contributed by atoms with van der Waals surface area (Å²) in [5.41, 5.74) is -0.145. The number of halogens is 3. The van der Waals surface area contributed by atoms with Gasteiger partial charge in [0.15, 0.2) is 5.69 Å². The second-order valence-electron chi connectivity index (χ2n) is 5.42. The molecule has 0 radical (unpaired) electrons. The highest BCUT2D eigenvalue weighted by Gasteiger charge is 2.33. The molecule has 3 aromatic rings. The second-order valence-corrected chi connectivity index (χ2v) is 5.81. The number of anilines is 1. The van der Waals surface area contributed by atoms with E-state index in [4.69, 9.17) is 12.2 Å². The van der Waals surface area contributed by atoms with Crippen LogP contribution in [0.15, 0.2) is 58.8 Å². The van der Waals surface area contributed by atoms with Crippen molar-refractivity contribution in [3.63, 3.8) is 0 Å². The van der Waals surface area contributed by atoms with Crippen molar-refractivity contribution in [3.8, 4) is 5.88 Å². The quantitative estimate of drug-likeness (QED) is 0.465. The van der Waals surface area contributed by atoms with Crippen LogP contribution in [0.4, 0.5) is 24.5 Å². The molecule has 0 fully saturated rings. The zero-order chi connectivity index (χ0) is 18.9. The number of benzene rings is 2. The Labute approximate surface area is 151 Å². The number of nitrogens with zero attached hydrogens (tertiary/aromatic N) is 3. The molecular weight excluding hydrogens is 365 g/mol. The highest BCUT2D eigenvalue weighted by molar-refractivity contribution is 7.80. The number of para-hydroxylation sites is 2.